The van der Waals surface area contributed by atoms with E-state index < -0.39 is 11.7 Å². The van der Waals surface area contributed by atoms with Gasteiger partial charge < -0.3 is 4.57 Å². The van der Waals surface area contributed by atoms with Crippen LogP contribution >= 0.6 is 11.6 Å². The van der Waals surface area contributed by atoms with Crippen molar-refractivity contribution in [3.8, 4) is 22.3 Å². The average Bonchev–Trinajstić information content (AvgIpc) is 2.57. The number of aryl methyl sites for hydroxylation is 1. The highest BCUT2D eigenvalue weighted by Gasteiger charge is 2.30. The molecule has 0 bridgehead atoms. The molecule has 128 valence electrons. The van der Waals surface area contributed by atoms with Crippen molar-refractivity contribution in [2.24, 2.45) is 7.05 Å². The van der Waals surface area contributed by atoms with Crippen LogP contribution in [0, 0.1) is 0 Å². The van der Waals surface area contributed by atoms with E-state index in [4.69, 9.17) is 11.6 Å². The fourth-order valence-corrected chi connectivity index (χ4v) is 2.74. The molecule has 3 aromatic rings. The molecule has 0 N–H and O–H groups in total. The van der Waals surface area contributed by atoms with Gasteiger partial charge in [-0.3, -0.25) is 4.79 Å². The van der Waals surface area contributed by atoms with E-state index in [1.807, 2.05) is 0 Å². The molecular formula is C19H13ClF3NO. The Morgan fingerprint density at radius 2 is 1.52 bits per heavy atom. The zero-order chi connectivity index (χ0) is 18.2. The van der Waals surface area contributed by atoms with E-state index in [9.17, 15) is 18.0 Å². The Kier molecular flexibility index (Phi) is 4.43. The van der Waals surface area contributed by atoms with Crippen LogP contribution in [0.15, 0.2) is 65.7 Å². The third-order valence-electron chi connectivity index (χ3n) is 3.81. The molecule has 2 aromatic carbocycles. The summed E-state index contributed by atoms with van der Waals surface area (Å²) in [5.74, 6) is 0. The first-order valence-corrected chi connectivity index (χ1v) is 7.77. The van der Waals surface area contributed by atoms with Crippen LogP contribution in [0.25, 0.3) is 22.3 Å². The Bertz CT molecular complexity index is 975. The van der Waals surface area contributed by atoms with Crippen molar-refractivity contribution in [3.05, 3.63) is 81.7 Å². The van der Waals surface area contributed by atoms with Gasteiger partial charge in [0.2, 0.25) is 0 Å². The van der Waals surface area contributed by atoms with Crippen LogP contribution in [0.2, 0.25) is 5.02 Å². The van der Waals surface area contributed by atoms with Crippen LogP contribution in [-0.4, -0.2) is 4.57 Å². The molecule has 0 atom stereocenters. The van der Waals surface area contributed by atoms with Gasteiger partial charge in [-0.05, 0) is 35.4 Å². The summed E-state index contributed by atoms with van der Waals surface area (Å²) in [5, 5.41) is 0.537. The van der Waals surface area contributed by atoms with Crippen LogP contribution in [-0.2, 0) is 13.2 Å². The lowest BCUT2D eigenvalue weighted by molar-refractivity contribution is -0.137. The van der Waals surface area contributed by atoms with Crippen LogP contribution in [0.5, 0.6) is 0 Å². The van der Waals surface area contributed by atoms with E-state index in [-0.39, 0.29) is 16.6 Å². The molecule has 0 amide bonds. The zero-order valence-corrected chi connectivity index (χ0v) is 13.9. The molecule has 1 aromatic heterocycles. The van der Waals surface area contributed by atoms with Gasteiger partial charge in [0.05, 0.1) is 5.56 Å². The highest BCUT2D eigenvalue weighted by atomic mass is 35.5. The van der Waals surface area contributed by atoms with Gasteiger partial charge >= 0.3 is 6.18 Å². The largest absolute Gasteiger partial charge is 0.416 e. The molecule has 0 aliphatic rings. The molecule has 1 heterocycles. The van der Waals surface area contributed by atoms with Crippen molar-refractivity contribution in [1.29, 1.82) is 0 Å². The topological polar surface area (TPSA) is 22.0 Å². The summed E-state index contributed by atoms with van der Waals surface area (Å²) in [4.78, 5) is 12.8. The van der Waals surface area contributed by atoms with E-state index in [0.29, 0.717) is 16.1 Å². The van der Waals surface area contributed by atoms with Crippen molar-refractivity contribution in [2.75, 3.05) is 0 Å². The number of benzene rings is 2. The number of alkyl halides is 3. The van der Waals surface area contributed by atoms with Crippen molar-refractivity contribution >= 4 is 11.6 Å². The van der Waals surface area contributed by atoms with Crippen molar-refractivity contribution in [1.82, 2.24) is 4.57 Å². The van der Waals surface area contributed by atoms with Gasteiger partial charge in [0, 0.05) is 35.6 Å². The van der Waals surface area contributed by atoms with E-state index in [0.717, 1.165) is 12.1 Å². The number of pyridine rings is 1. The lowest BCUT2D eigenvalue weighted by atomic mass is 9.99. The predicted octanol–water partition coefficient (Wildman–Crippen LogP) is 5.39. The molecule has 0 radical (unpaired) electrons. The SMILES string of the molecule is Cn1cc(-c2ccc(Cl)cc2)c(=O)c(-c2cccc(C(F)(F)F)c2)c1. The lowest BCUT2D eigenvalue weighted by Crippen LogP contribution is -2.12. The van der Waals surface area contributed by atoms with Crippen molar-refractivity contribution < 1.29 is 13.2 Å². The molecular weight excluding hydrogens is 351 g/mol. The standard InChI is InChI=1S/C19H13ClF3NO/c1-24-10-16(12-5-7-15(20)8-6-12)18(25)17(11-24)13-3-2-4-14(9-13)19(21,22)23/h2-11H,1H3. The Morgan fingerprint density at radius 3 is 2.12 bits per heavy atom. The van der Waals surface area contributed by atoms with Gasteiger partial charge in [-0.25, -0.2) is 0 Å². The Hall–Kier alpha value is -2.53. The number of hydrogen-bond donors (Lipinski definition) is 0. The monoisotopic (exact) mass is 363 g/mol. The fraction of sp³-hybridized carbons (Fsp3) is 0.105. The third-order valence-corrected chi connectivity index (χ3v) is 4.06. The summed E-state index contributed by atoms with van der Waals surface area (Å²) < 4.78 is 40.5. The first kappa shape index (κ1) is 17.3. The maximum atomic E-state index is 12.9. The first-order valence-electron chi connectivity index (χ1n) is 7.39. The average molecular weight is 364 g/mol. The van der Waals surface area contributed by atoms with Crippen molar-refractivity contribution in [3.63, 3.8) is 0 Å². The lowest BCUT2D eigenvalue weighted by Gasteiger charge is -2.11. The molecule has 0 spiro atoms. The molecule has 0 unspecified atom stereocenters. The zero-order valence-electron chi connectivity index (χ0n) is 13.1. The number of nitrogens with zero attached hydrogens (tertiary/aromatic N) is 1. The molecule has 0 aliphatic carbocycles. The fourth-order valence-electron chi connectivity index (χ4n) is 2.61. The Labute approximate surface area is 147 Å². The van der Waals surface area contributed by atoms with Crippen LogP contribution in [0.3, 0.4) is 0 Å². The van der Waals surface area contributed by atoms with Crippen molar-refractivity contribution in [2.45, 2.75) is 6.18 Å². The second-order valence-electron chi connectivity index (χ2n) is 5.67. The maximum Gasteiger partial charge on any atom is 0.416 e. The van der Waals surface area contributed by atoms with E-state index in [1.165, 1.54) is 18.3 Å². The van der Waals surface area contributed by atoms with Gasteiger partial charge in [0.25, 0.3) is 0 Å². The van der Waals surface area contributed by atoms with Crippen LogP contribution in [0.4, 0.5) is 13.2 Å². The summed E-state index contributed by atoms with van der Waals surface area (Å²) in [6.45, 7) is 0. The second-order valence-corrected chi connectivity index (χ2v) is 6.10. The molecule has 3 rings (SSSR count). The number of rotatable bonds is 2. The predicted molar refractivity (Wildman–Crippen MR) is 92.6 cm³/mol. The van der Waals surface area contributed by atoms with Gasteiger partial charge in [0.15, 0.2) is 5.43 Å². The molecule has 6 heteroatoms. The molecule has 0 fully saturated rings. The van der Waals surface area contributed by atoms with Gasteiger partial charge in [-0.2, -0.15) is 13.2 Å². The minimum Gasteiger partial charge on any atom is -0.356 e. The van der Waals surface area contributed by atoms with E-state index in [1.54, 1.807) is 42.1 Å². The Balaban J connectivity index is 2.19. The molecule has 25 heavy (non-hydrogen) atoms. The number of hydrogen-bond acceptors (Lipinski definition) is 1. The maximum absolute atomic E-state index is 12.9. The third kappa shape index (κ3) is 3.61. The summed E-state index contributed by atoms with van der Waals surface area (Å²) in [6.07, 6.45) is -1.30. The second kappa shape index (κ2) is 6.41. The van der Waals surface area contributed by atoms with E-state index >= 15 is 0 Å². The normalized spacial score (nSPS) is 11.6. The highest BCUT2D eigenvalue weighted by Crippen LogP contribution is 2.32. The summed E-state index contributed by atoms with van der Waals surface area (Å²) in [7, 11) is 1.72. The molecule has 0 aliphatic heterocycles. The summed E-state index contributed by atoms with van der Waals surface area (Å²) in [6, 6.07) is 11.5. The summed E-state index contributed by atoms with van der Waals surface area (Å²) >= 11 is 5.87. The van der Waals surface area contributed by atoms with Gasteiger partial charge in [-0.1, -0.05) is 35.9 Å². The van der Waals surface area contributed by atoms with Gasteiger partial charge in [0.1, 0.15) is 0 Å². The molecule has 0 saturated heterocycles. The van der Waals surface area contributed by atoms with Gasteiger partial charge in [-0.15, -0.1) is 0 Å². The quantitative estimate of drug-likeness (QED) is 0.598. The number of halogens is 4. The van der Waals surface area contributed by atoms with Crippen LogP contribution in [0.1, 0.15) is 5.56 Å². The van der Waals surface area contributed by atoms with E-state index in [2.05, 4.69) is 0 Å². The van der Waals surface area contributed by atoms with Crippen LogP contribution < -0.4 is 5.43 Å². The molecule has 2 nitrogen and oxygen atoms in total. The number of aromatic nitrogens is 1. The Morgan fingerprint density at radius 1 is 0.920 bits per heavy atom. The minimum absolute atomic E-state index is 0.209. The summed E-state index contributed by atoms with van der Waals surface area (Å²) in [5.41, 5.74) is 0.365. The highest BCUT2D eigenvalue weighted by molar-refractivity contribution is 6.30. The first-order chi connectivity index (χ1) is 11.8. The smallest absolute Gasteiger partial charge is 0.356 e. The minimum atomic E-state index is -4.46. The molecule has 0 saturated carbocycles.